The van der Waals surface area contributed by atoms with Crippen molar-refractivity contribution in [1.29, 1.82) is 0 Å². The summed E-state index contributed by atoms with van der Waals surface area (Å²) in [7, 11) is 1.63. The van der Waals surface area contributed by atoms with Crippen LogP contribution in [0.1, 0.15) is 5.56 Å². The van der Waals surface area contributed by atoms with Crippen molar-refractivity contribution < 1.29 is 14.7 Å². The van der Waals surface area contributed by atoms with Crippen molar-refractivity contribution in [3.63, 3.8) is 0 Å². The number of aromatic nitrogens is 3. The maximum atomic E-state index is 9.35. The first kappa shape index (κ1) is 12.3. The molecule has 0 unspecified atom stereocenters. The Morgan fingerprint density at radius 3 is 2.60 bits per heavy atom. The molecule has 0 saturated heterocycles. The molecule has 1 aromatic heterocycles. The number of rotatable bonds is 4. The fourth-order valence-electron chi connectivity index (χ4n) is 1.87. The predicted octanol–water partition coefficient (Wildman–Crippen LogP) is 2.26. The van der Waals surface area contributed by atoms with E-state index in [-0.39, 0.29) is 0 Å². The zero-order valence-corrected chi connectivity index (χ0v) is 10.9. The van der Waals surface area contributed by atoms with Crippen LogP contribution in [0.2, 0.25) is 0 Å². The first-order valence-corrected chi connectivity index (χ1v) is 6.07. The highest BCUT2D eigenvalue weighted by atomic mass is 16.5. The lowest BCUT2D eigenvalue weighted by Gasteiger charge is -2.07. The Bertz CT molecular complexity index is 722. The van der Waals surface area contributed by atoms with Gasteiger partial charge in [0.05, 0.1) is 7.11 Å². The Morgan fingerprint density at radius 2 is 1.85 bits per heavy atom. The van der Waals surface area contributed by atoms with Crippen molar-refractivity contribution in [1.82, 2.24) is 15.2 Å². The van der Waals surface area contributed by atoms with Crippen LogP contribution < -0.4 is 9.47 Å². The number of hydrogen-bond donors (Lipinski definition) is 1. The van der Waals surface area contributed by atoms with Gasteiger partial charge in [0.1, 0.15) is 29.1 Å². The Morgan fingerprint density at radius 1 is 1.10 bits per heavy atom. The van der Waals surface area contributed by atoms with E-state index in [4.69, 9.17) is 9.47 Å². The van der Waals surface area contributed by atoms with Crippen molar-refractivity contribution in [3.05, 3.63) is 48.0 Å². The Labute approximate surface area is 115 Å². The average molecular weight is 271 g/mol. The van der Waals surface area contributed by atoms with Gasteiger partial charge in [0.25, 0.3) is 0 Å². The standard InChI is InChI=1S/C14H13N3O3/c1-19-11-4-2-10(3-5-11)9-20-12-6-7-14-13(8-12)15-16-17(14)18/h2-8,18H,9H2,1H3. The van der Waals surface area contributed by atoms with Crippen LogP contribution in [-0.4, -0.2) is 27.5 Å². The molecule has 0 fully saturated rings. The van der Waals surface area contributed by atoms with Crippen LogP contribution in [0.25, 0.3) is 11.0 Å². The molecule has 0 amide bonds. The second kappa shape index (κ2) is 5.08. The Kier molecular flexibility index (Phi) is 3.12. The van der Waals surface area contributed by atoms with Gasteiger partial charge < -0.3 is 14.7 Å². The molecule has 3 rings (SSSR count). The molecule has 1 heterocycles. The van der Waals surface area contributed by atoms with Crippen LogP contribution in [0.4, 0.5) is 0 Å². The highest BCUT2D eigenvalue weighted by molar-refractivity contribution is 5.75. The van der Waals surface area contributed by atoms with Crippen LogP contribution in [0.5, 0.6) is 11.5 Å². The quantitative estimate of drug-likeness (QED) is 0.737. The lowest BCUT2D eigenvalue weighted by molar-refractivity contribution is 0.154. The van der Waals surface area contributed by atoms with Gasteiger partial charge in [-0.3, -0.25) is 0 Å². The van der Waals surface area contributed by atoms with Gasteiger partial charge in [-0.15, -0.1) is 5.10 Å². The van der Waals surface area contributed by atoms with E-state index in [9.17, 15) is 5.21 Å². The third kappa shape index (κ3) is 2.35. The summed E-state index contributed by atoms with van der Waals surface area (Å²) in [5, 5.41) is 16.7. The van der Waals surface area contributed by atoms with Crippen LogP contribution in [0.15, 0.2) is 42.5 Å². The van der Waals surface area contributed by atoms with E-state index in [2.05, 4.69) is 10.3 Å². The molecule has 2 aromatic carbocycles. The first-order chi connectivity index (χ1) is 9.76. The maximum absolute atomic E-state index is 9.35. The van der Waals surface area contributed by atoms with Gasteiger partial charge in [-0.05, 0) is 35.0 Å². The maximum Gasteiger partial charge on any atom is 0.130 e. The summed E-state index contributed by atoms with van der Waals surface area (Å²) < 4.78 is 10.8. The molecule has 1 N–H and O–H groups in total. The van der Waals surface area contributed by atoms with E-state index in [1.165, 1.54) is 0 Å². The van der Waals surface area contributed by atoms with E-state index in [1.807, 2.05) is 24.3 Å². The van der Waals surface area contributed by atoms with Crippen LogP contribution in [-0.2, 0) is 6.61 Å². The number of nitrogens with zero attached hydrogens (tertiary/aromatic N) is 3. The number of hydrogen-bond acceptors (Lipinski definition) is 5. The molecule has 0 saturated carbocycles. The minimum Gasteiger partial charge on any atom is -0.497 e. The Hall–Kier alpha value is -2.76. The monoisotopic (exact) mass is 271 g/mol. The van der Waals surface area contributed by atoms with Crippen molar-refractivity contribution in [2.45, 2.75) is 6.61 Å². The van der Waals surface area contributed by atoms with Gasteiger partial charge in [-0.1, -0.05) is 17.0 Å². The van der Waals surface area contributed by atoms with Gasteiger partial charge >= 0.3 is 0 Å². The van der Waals surface area contributed by atoms with E-state index >= 15 is 0 Å². The topological polar surface area (TPSA) is 69.4 Å². The second-order valence-electron chi connectivity index (χ2n) is 4.27. The molecule has 20 heavy (non-hydrogen) atoms. The Balaban J connectivity index is 1.72. The van der Waals surface area contributed by atoms with Crippen LogP contribution >= 0.6 is 0 Å². The molecular formula is C14H13N3O3. The number of benzene rings is 2. The largest absolute Gasteiger partial charge is 0.497 e. The van der Waals surface area contributed by atoms with E-state index in [0.29, 0.717) is 23.4 Å². The third-order valence-corrected chi connectivity index (χ3v) is 2.96. The molecule has 0 bridgehead atoms. The van der Waals surface area contributed by atoms with E-state index in [1.54, 1.807) is 25.3 Å². The van der Waals surface area contributed by atoms with Gasteiger partial charge in [-0.2, -0.15) is 0 Å². The second-order valence-corrected chi connectivity index (χ2v) is 4.27. The highest BCUT2D eigenvalue weighted by Crippen LogP contribution is 2.20. The van der Waals surface area contributed by atoms with Crippen molar-refractivity contribution in [2.75, 3.05) is 7.11 Å². The molecule has 0 aliphatic heterocycles. The number of fused-ring (bicyclic) bond motifs is 1. The van der Waals surface area contributed by atoms with Gasteiger partial charge in [0, 0.05) is 6.07 Å². The molecule has 0 atom stereocenters. The van der Waals surface area contributed by atoms with Crippen molar-refractivity contribution >= 4 is 11.0 Å². The molecule has 0 radical (unpaired) electrons. The van der Waals surface area contributed by atoms with Gasteiger partial charge in [-0.25, -0.2) is 0 Å². The zero-order chi connectivity index (χ0) is 13.9. The SMILES string of the molecule is COc1ccc(COc2ccc3c(c2)nnn3O)cc1. The fourth-order valence-corrected chi connectivity index (χ4v) is 1.87. The van der Waals surface area contributed by atoms with E-state index < -0.39 is 0 Å². The molecular weight excluding hydrogens is 258 g/mol. The summed E-state index contributed by atoms with van der Waals surface area (Å²) >= 11 is 0. The van der Waals surface area contributed by atoms with Gasteiger partial charge in [0.15, 0.2) is 0 Å². The average Bonchev–Trinajstić information content (AvgIpc) is 2.87. The van der Waals surface area contributed by atoms with Crippen LogP contribution in [0, 0.1) is 0 Å². The summed E-state index contributed by atoms with van der Waals surface area (Å²) in [5.41, 5.74) is 2.17. The smallest absolute Gasteiger partial charge is 0.130 e. The van der Waals surface area contributed by atoms with Crippen molar-refractivity contribution in [2.24, 2.45) is 0 Å². The lowest BCUT2D eigenvalue weighted by Crippen LogP contribution is -1.96. The zero-order valence-electron chi connectivity index (χ0n) is 10.9. The summed E-state index contributed by atoms with van der Waals surface area (Å²) in [4.78, 5) is 0.739. The summed E-state index contributed by atoms with van der Waals surface area (Å²) in [6, 6.07) is 12.9. The minimum atomic E-state index is 0.447. The lowest BCUT2D eigenvalue weighted by atomic mass is 10.2. The minimum absolute atomic E-state index is 0.447. The molecule has 102 valence electrons. The third-order valence-electron chi connectivity index (χ3n) is 2.96. The summed E-state index contributed by atoms with van der Waals surface area (Å²) in [5.74, 6) is 1.49. The molecule has 6 nitrogen and oxygen atoms in total. The molecule has 0 aliphatic carbocycles. The van der Waals surface area contributed by atoms with E-state index in [0.717, 1.165) is 16.2 Å². The number of methoxy groups -OCH3 is 1. The molecule has 0 aliphatic rings. The first-order valence-electron chi connectivity index (χ1n) is 6.07. The fraction of sp³-hybridized carbons (Fsp3) is 0.143. The molecule has 6 heteroatoms. The summed E-state index contributed by atoms with van der Waals surface area (Å²) in [6.45, 7) is 0.447. The summed E-state index contributed by atoms with van der Waals surface area (Å²) in [6.07, 6.45) is 0. The van der Waals surface area contributed by atoms with Crippen molar-refractivity contribution in [3.8, 4) is 11.5 Å². The van der Waals surface area contributed by atoms with Crippen LogP contribution in [0.3, 0.4) is 0 Å². The number of ether oxygens (including phenoxy) is 2. The van der Waals surface area contributed by atoms with Gasteiger partial charge in [0.2, 0.25) is 0 Å². The predicted molar refractivity (Wildman–Crippen MR) is 72.0 cm³/mol. The molecule has 0 spiro atoms. The molecule has 3 aromatic rings. The highest BCUT2D eigenvalue weighted by Gasteiger charge is 2.05. The normalized spacial score (nSPS) is 10.7.